The molecule has 1 unspecified atom stereocenters. The van der Waals surface area contributed by atoms with Crippen LogP contribution in [-0.2, 0) is 4.79 Å². The van der Waals surface area contributed by atoms with Gasteiger partial charge in [-0.25, -0.2) is 0 Å². The van der Waals surface area contributed by atoms with Crippen LogP contribution in [0.2, 0.25) is 0 Å². The summed E-state index contributed by atoms with van der Waals surface area (Å²) in [5.74, 6) is 0.263. The molecule has 1 atom stereocenters. The third-order valence-electron chi connectivity index (χ3n) is 3.99. The second-order valence-corrected chi connectivity index (χ2v) is 6.10. The van der Waals surface area contributed by atoms with Crippen molar-refractivity contribution >= 4 is 17.7 Å². The first kappa shape index (κ1) is 12.3. The molecule has 6 heteroatoms. The van der Waals surface area contributed by atoms with Gasteiger partial charge in [0.2, 0.25) is 0 Å². The number of carbonyl (C=O) groups excluding carboxylic acids is 1. The maximum absolute atomic E-state index is 12.4. The zero-order valence-corrected chi connectivity index (χ0v) is 11.5. The fraction of sp³-hybridized carbons (Fsp3) is 0.750. The van der Waals surface area contributed by atoms with Crippen molar-refractivity contribution in [2.24, 2.45) is 0 Å². The highest BCUT2D eigenvalue weighted by Crippen LogP contribution is 2.25. The number of amides is 1. The van der Waals surface area contributed by atoms with Gasteiger partial charge in [-0.05, 0) is 5.41 Å². The Labute approximate surface area is 112 Å². The Morgan fingerprint density at radius 2 is 2.00 bits per heavy atom. The molecule has 0 aromatic rings. The lowest BCUT2D eigenvalue weighted by molar-refractivity contribution is -0.134. The standard InChI is InChI=1S/C12H20N4OS/c1-14-6-7-18-12(14)11(17)16-4-2-15(3-5-16)10-8-13-9-10/h6-7,10,12-13H,2-5,8-9H2,1H3. The van der Waals surface area contributed by atoms with E-state index in [1.807, 2.05) is 28.5 Å². The molecular weight excluding hydrogens is 248 g/mol. The van der Waals surface area contributed by atoms with E-state index >= 15 is 0 Å². The van der Waals surface area contributed by atoms with E-state index in [4.69, 9.17) is 0 Å². The Morgan fingerprint density at radius 1 is 1.28 bits per heavy atom. The first-order valence-corrected chi connectivity index (χ1v) is 7.47. The zero-order chi connectivity index (χ0) is 12.5. The van der Waals surface area contributed by atoms with Crippen LogP contribution in [0.5, 0.6) is 0 Å². The first-order valence-electron chi connectivity index (χ1n) is 6.53. The quantitative estimate of drug-likeness (QED) is 0.736. The smallest absolute Gasteiger partial charge is 0.256 e. The minimum Gasteiger partial charge on any atom is -0.360 e. The van der Waals surface area contributed by atoms with Crippen molar-refractivity contribution in [2.45, 2.75) is 11.4 Å². The molecule has 0 radical (unpaired) electrons. The number of thioether (sulfide) groups is 1. The highest BCUT2D eigenvalue weighted by Gasteiger charge is 2.33. The number of hydrogen-bond donors (Lipinski definition) is 1. The number of hydrogen-bond acceptors (Lipinski definition) is 5. The molecule has 2 fully saturated rings. The topological polar surface area (TPSA) is 38.8 Å². The van der Waals surface area contributed by atoms with E-state index in [-0.39, 0.29) is 11.3 Å². The molecule has 1 N–H and O–H groups in total. The van der Waals surface area contributed by atoms with Gasteiger partial charge in [0.1, 0.15) is 0 Å². The molecule has 0 bridgehead atoms. The predicted octanol–water partition coefficient (Wildman–Crippen LogP) is -0.422. The lowest BCUT2D eigenvalue weighted by Crippen LogP contribution is -2.62. The summed E-state index contributed by atoms with van der Waals surface area (Å²) in [7, 11) is 1.97. The largest absolute Gasteiger partial charge is 0.360 e. The Hall–Kier alpha value is -0.720. The minimum absolute atomic E-state index is 0.0399. The van der Waals surface area contributed by atoms with Gasteiger partial charge in [-0.3, -0.25) is 9.69 Å². The number of nitrogens with zero attached hydrogens (tertiary/aromatic N) is 3. The molecule has 3 aliphatic rings. The molecule has 0 aromatic heterocycles. The van der Waals surface area contributed by atoms with Crippen LogP contribution in [-0.4, -0.2) is 78.3 Å². The van der Waals surface area contributed by atoms with Crippen molar-refractivity contribution in [1.29, 1.82) is 0 Å². The van der Waals surface area contributed by atoms with Gasteiger partial charge in [0.25, 0.3) is 5.91 Å². The van der Waals surface area contributed by atoms with E-state index in [1.54, 1.807) is 11.8 Å². The van der Waals surface area contributed by atoms with Crippen molar-refractivity contribution in [2.75, 3.05) is 46.3 Å². The number of carbonyl (C=O) groups is 1. The summed E-state index contributed by atoms with van der Waals surface area (Å²) < 4.78 is 0. The number of nitrogens with one attached hydrogen (secondary N) is 1. The second-order valence-electron chi connectivity index (χ2n) is 5.11. The minimum atomic E-state index is -0.0399. The van der Waals surface area contributed by atoms with Gasteiger partial charge < -0.3 is 15.1 Å². The van der Waals surface area contributed by atoms with E-state index in [1.165, 1.54) is 0 Å². The van der Waals surface area contributed by atoms with Crippen LogP contribution < -0.4 is 5.32 Å². The fourth-order valence-corrected chi connectivity index (χ4v) is 3.55. The van der Waals surface area contributed by atoms with E-state index in [0.717, 1.165) is 39.3 Å². The second kappa shape index (κ2) is 5.11. The highest BCUT2D eigenvalue weighted by molar-refractivity contribution is 8.03. The summed E-state index contributed by atoms with van der Waals surface area (Å²) in [5, 5.41) is 5.26. The van der Waals surface area contributed by atoms with Gasteiger partial charge in [-0.15, -0.1) is 0 Å². The third kappa shape index (κ3) is 2.24. The SMILES string of the molecule is CN1C=CSC1C(=O)N1CCN(C2CNC2)CC1. The van der Waals surface area contributed by atoms with Crippen LogP contribution in [0.25, 0.3) is 0 Å². The third-order valence-corrected chi connectivity index (χ3v) is 5.06. The summed E-state index contributed by atoms with van der Waals surface area (Å²) >= 11 is 1.61. The van der Waals surface area contributed by atoms with Crippen molar-refractivity contribution in [3.8, 4) is 0 Å². The summed E-state index contributed by atoms with van der Waals surface area (Å²) in [6.07, 6.45) is 1.98. The van der Waals surface area contributed by atoms with Crippen molar-refractivity contribution in [1.82, 2.24) is 20.0 Å². The molecule has 3 aliphatic heterocycles. The normalized spacial score (nSPS) is 29.7. The Balaban J connectivity index is 1.51. The van der Waals surface area contributed by atoms with E-state index < -0.39 is 0 Å². The lowest BCUT2D eigenvalue weighted by Gasteiger charge is -2.43. The summed E-state index contributed by atoms with van der Waals surface area (Å²) in [6.45, 7) is 6.01. The van der Waals surface area contributed by atoms with Gasteiger partial charge in [-0.2, -0.15) is 0 Å². The van der Waals surface area contributed by atoms with Crippen LogP contribution in [0.3, 0.4) is 0 Å². The zero-order valence-electron chi connectivity index (χ0n) is 10.7. The van der Waals surface area contributed by atoms with Gasteiger partial charge in [-0.1, -0.05) is 11.8 Å². The summed E-state index contributed by atoms with van der Waals surface area (Å²) in [4.78, 5) is 18.9. The monoisotopic (exact) mass is 268 g/mol. The molecule has 1 amide bonds. The van der Waals surface area contributed by atoms with Gasteiger partial charge in [0.05, 0.1) is 0 Å². The summed E-state index contributed by atoms with van der Waals surface area (Å²) in [6, 6.07) is 0.701. The number of piperazine rings is 1. The van der Waals surface area contributed by atoms with Crippen LogP contribution in [0, 0.1) is 0 Å². The maximum atomic E-state index is 12.4. The Kier molecular flexibility index (Phi) is 3.50. The van der Waals surface area contributed by atoms with Crippen molar-refractivity contribution in [3.05, 3.63) is 11.6 Å². The number of likely N-dealkylation sites (N-methyl/N-ethyl adjacent to an activating group) is 1. The molecule has 100 valence electrons. The van der Waals surface area contributed by atoms with E-state index in [2.05, 4.69) is 10.2 Å². The average Bonchev–Trinajstić information content (AvgIpc) is 2.73. The molecule has 5 nitrogen and oxygen atoms in total. The maximum Gasteiger partial charge on any atom is 0.256 e. The molecule has 2 saturated heterocycles. The van der Waals surface area contributed by atoms with Crippen LogP contribution in [0.4, 0.5) is 0 Å². The highest BCUT2D eigenvalue weighted by atomic mass is 32.2. The number of rotatable bonds is 2. The van der Waals surface area contributed by atoms with E-state index in [0.29, 0.717) is 6.04 Å². The van der Waals surface area contributed by atoms with E-state index in [9.17, 15) is 4.79 Å². The molecule has 0 spiro atoms. The van der Waals surface area contributed by atoms with Crippen LogP contribution in [0.1, 0.15) is 0 Å². The fourth-order valence-electron chi connectivity index (χ4n) is 2.61. The van der Waals surface area contributed by atoms with Gasteiger partial charge in [0, 0.05) is 58.6 Å². The Morgan fingerprint density at radius 3 is 2.50 bits per heavy atom. The predicted molar refractivity (Wildman–Crippen MR) is 73.1 cm³/mol. The van der Waals surface area contributed by atoms with Crippen LogP contribution in [0.15, 0.2) is 11.6 Å². The molecule has 0 saturated carbocycles. The molecule has 3 rings (SSSR count). The lowest BCUT2D eigenvalue weighted by atomic mass is 10.1. The van der Waals surface area contributed by atoms with Gasteiger partial charge in [0.15, 0.2) is 5.37 Å². The Bertz CT molecular complexity index is 350. The van der Waals surface area contributed by atoms with Crippen molar-refractivity contribution < 1.29 is 4.79 Å². The molecule has 18 heavy (non-hydrogen) atoms. The average molecular weight is 268 g/mol. The summed E-state index contributed by atoms with van der Waals surface area (Å²) in [5.41, 5.74) is 0. The van der Waals surface area contributed by atoms with Gasteiger partial charge >= 0.3 is 0 Å². The molecule has 0 aromatic carbocycles. The first-order chi connectivity index (χ1) is 8.75. The molecular formula is C12H20N4OS. The molecule has 3 heterocycles. The van der Waals surface area contributed by atoms with Crippen LogP contribution >= 0.6 is 11.8 Å². The molecule has 0 aliphatic carbocycles. The van der Waals surface area contributed by atoms with Crippen molar-refractivity contribution in [3.63, 3.8) is 0 Å².